The summed E-state index contributed by atoms with van der Waals surface area (Å²) in [6.45, 7) is 52.5. The molecule has 6 aliphatic rings. The average molecular weight is 1790 g/mol. The van der Waals surface area contributed by atoms with E-state index in [1.165, 1.54) is 89.9 Å². The average Bonchev–Trinajstić information content (AvgIpc) is 1.64. The first-order valence-corrected chi connectivity index (χ1v) is 46.6. The van der Waals surface area contributed by atoms with E-state index in [2.05, 4.69) is 318 Å². The monoisotopic (exact) mass is 1790 g/mol. The quantitative estimate of drug-likeness (QED) is 0.109. The Kier molecular flexibility index (Phi) is 37.5. The molecule has 0 N–H and O–H groups in total. The molecule has 0 aliphatic carbocycles. The van der Waals surface area contributed by atoms with Gasteiger partial charge in [0.15, 0.2) is 5.78 Å². The molecule has 0 unspecified atom stereocenters. The van der Waals surface area contributed by atoms with Gasteiger partial charge in [-0.1, -0.05) is 163 Å². The highest BCUT2D eigenvalue weighted by Crippen LogP contribution is 2.38. The highest BCUT2D eigenvalue weighted by molar-refractivity contribution is 6.01. The van der Waals surface area contributed by atoms with Gasteiger partial charge in [-0.3, -0.25) is 44.2 Å². The van der Waals surface area contributed by atoms with Crippen LogP contribution in [0.1, 0.15) is 254 Å². The van der Waals surface area contributed by atoms with E-state index in [9.17, 15) is 22.8 Å². The van der Waals surface area contributed by atoms with Crippen LogP contribution in [0.25, 0.3) is 32.8 Å². The van der Waals surface area contributed by atoms with Crippen LogP contribution in [0.3, 0.4) is 0 Å². The summed E-state index contributed by atoms with van der Waals surface area (Å²) in [5.74, 6) is 4.26. The molecule has 0 bridgehead atoms. The zero-order valence-corrected chi connectivity index (χ0v) is 82.0. The maximum atomic E-state index is 12.6. The number of carbonyl (C=O) groups is 2. The number of fused-ring (bicyclic) bond motifs is 8. The second-order valence-corrected chi connectivity index (χ2v) is 37.5. The predicted octanol–water partition coefficient (Wildman–Crippen LogP) is 28.2. The van der Waals surface area contributed by atoms with E-state index in [1.54, 1.807) is 19.3 Å². The summed E-state index contributed by atoms with van der Waals surface area (Å²) in [6.07, 6.45) is 13.5. The van der Waals surface area contributed by atoms with Crippen molar-refractivity contribution in [3.63, 3.8) is 0 Å². The number of likely N-dealkylation sites (N-methyl/N-ethyl adjacent to an activating group) is 1. The van der Waals surface area contributed by atoms with Gasteiger partial charge in [0.25, 0.3) is 5.91 Å². The fraction of sp³-hybridized carbons (Fsp3) is 0.414. The molecule has 0 atom stereocenters. The fourth-order valence-electron chi connectivity index (χ4n) is 15.8. The van der Waals surface area contributed by atoms with Crippen molar-refractivity contribution in [3.05, 3.63) is 281 Å². The van der Waals surface area contributed by atoms with Crippen LogP contribution in [0, 0.1) is 43.4 Å². The van der Waals surface area contributed by atoms with Crippen LogP contribution in [0.4, 0.5) is 41.6 Å². The molecule has 1 saturated heterocycles. The summed E-state index contributed by atoms with van der Waals surface area (Å²) in [5, 5.41) is 6.70. The van der Waals surface area contributed by atoms with Crippen LogP contribution in [0.2, 0.25) is 0 Å². The minimum Gasteiger partial charge on any atom is -0.345 e. The zero-order valence-electron chi connectivity index (χ0n) is 82.0. The smallest absolute Gasteiger partial charge is 0.345 e. The fourth-order valence-corrected chi connectivity index (χ4v) is 15.8. The van der Waals surface area contributed by atoms with Gasteiger partial charge >= 0.3 is 6.18 Å². The summed E-state index contributed by atoms with van der Waals surface area (Å²) >= 11 is 0. The molecule has 0 radical (unpaired) electrons. The van der Waals surface area contributed by atoms with E-state index in [0.29, 0.717) is 65.9 Å². The lowest BCUT2D eigenvalue weighted by Gasteiger charge is -2.32. The van der Waals surface area contributed by atoms with Crippen molar-refractivity contribution >= 4 is 102 Å². The molecule has 18 nitrogen and oxygen atoms in total. The molecule has 132 heavy (non-hydrogen) atoms. The number of amides is 1. The lowest BCUT2D eigenvalue weighted by atomic mass is 10.0. The molecule has 0 saturated carbocycles. The molecule has 12 heterocycles. The molecule has 6 aromatic heterocycles. The van der Waals surface area contributed by atoms with Gasteiger partial charge in [0.2, 0.25) is 0 Å². The number of Topliss-reactive ketones (excluding diaryl/α,β-unsaturated/α-hetero) is 1. The van der Waals surface area contributed by atoms with Gasteiger partial charge in [-0.25, -0.2) is 9.97 Å². The second kappa shape index (κ2) is 47.8. The molecule has 21 heteroatoms. The van der Waals surface area contributed by atoms with E-state index in [0.717, 1.165) is 120 Å². The van der Waals surface area contributed by atoms with Gasteiger partial charge in [-0.05, 0) is 255 Å². The third-order valence-electron chi connectivity index (χ3n) is 23.8. The minimum absolute atomic E-state index is 0. The second-order valence-electron chi connectivity index (χ2n) is 37.5. The van der Waals surface area contributed by atoms with Gasteiger partial charge in [-0.15, -0.1) is 0 Å². The van der Waals surface area contributed by atoms with Crippen molar-refractivity contribution in [2.45, 2.75) is 235 Å². The number of aliphatic imine (C=N–C) groups is 5. The Hall–Kier alpha value is -12.1. The number of benzene rings is 7. The Morgan fingerprint density at radius 3 is 1.42 bits per heavy atom. The van der Waals surface area contributed by atoms with E-state index < -0.39 is 11.7 Å². The molecular formula is C111H143F3N16O2. The lowest BCUT2D eigenvalue weighted by molar-refractivity contribution is -0.137. The summed E-state index contributed by atoms with van der Waals surface area (Å²) < 4.78 is 48.2. The van der Waals surface area contributed by atoms with Crippen molar-refractivity contribution in [2.75, 3.05) is 33.2 Å². The standard InChI is InChI=1S/C17H23N3O.C13H15NO.C12H12F3N.2C12H15N.C11H14N2.C11H13N.C10H12N2.2C6H10N2.CH4/c1-12(2)16-11-14-10-13(4-5-15(14)18-16)17(21)20-8-6-19(3)7-9-20;1-8(2)13-7-11-6-10(9(3)15)4-5-12(11)14-13;1-7(2)10-5-8-3-4-9(12(13,14)15)6-11(8)16-10;1-8(2)12-7-10-6-9(3)4-5-11(10)13-12;1-9(2)13-10(3)8-11-6-4-5-7-12(11)13;1-8(2)11-12-9-6-4-5-7-10(9)13(11)3;1-9(2)12-8-7-10-5-3-4-6-11(10)12;1-7(2)9-6-10-8(12-9)4-3-5-11-10;1-6(2)8-4-3-7-5-8;1-6(2)8-5-3-4-7-8;/h4-5,10,12H,6-9,11H2,1-3H3;4-6,8H,7H2,1-3H3;3-4,6-7H,5H2,1-2H3;4-6,8H,7H2,1-3H3;4-9H,1-3H3;4-8H,1-3H3;3-9H,1-2H3;3-5,7H,6H2,1-2H3;2*3-6H,1-2H3;1H4. The van der Waals surface area contributed by atoms with Crippen molar-refractivity contribution in [3.8, 4) is 0 Å². The molecule has 1 fully saturated rings. The number of pyridine rings is 1. The number of aromatic nitrogens is 9. The Labute approximate surface area is 783 Å². The zero-order chi connectivity index (χ0) is 95.2. The van der Waals surface area contributed by atoms with E-state index in [-0.39, 0.29) is 25.0 Å². The number of para-hydroxylation sites is 4. The van der Waals surface area contributed by atoms with Crippen LogP contribution in [-0.2, 0) is 45.3 Å². The van der Waals surface area contributed by atoms with Crippen LogP contribution in [0.15, 0.2) is 244 Å². The Bertz CT molecular complexity index is 6060. The van der Waals surface area contributed by atoms with Crippen LogP contribution in [-0.4, -0.2) is 126 Å². The number of imidazole rings is 2. The number of hydrogen-bond acceptors (Lipinski definition) is 12. The van der Waals surface area contributed by atoms with Crippen LogP contribution < -0.4 is 0 Å². The molecule has 0 spiro atoms. The van der Waals surface area contributed by atoms with Gasteiger partial charge in [0, 0.05) is 189 Å². The van der Waals surface area contributed by atoms with Gasteiger partial charge in [-0.2, -0.15) is 18.3 Å². The molecule has 1 amide bonds. The van der Waals surface area contributed by atoms with Crippen LogP contribution in [0.5, 0.6) is 0 Å². The number of hydrogen-bond donors (Lipinski definition) is 0. The molecular weight excluding hydrogens is 1650 g/mol. The van der Waals surface area contributed by atoms with Gasteiger partial charge < -0.3 is 28.1 Å². The number of nitrogens with zero attached hydrogens (tertiary/aromatic N) is 16. The molecule has 6 aliphatic heterocycles. The molecule has 700 valence electrons. The molecule has 7 aromatic carbocycles. The van der Waals surface area contributed by atoms with E-state index in [1.807, 2.05) is 115 Å². The number of alkyl halides is 3. The van der Waals surface area contributed by atoms with Crippen molar-refractivity contribution in [1.29, 1.82) is 0 Å². The first-order chi connectivity index (χ1) is 62.2. The summed E-state index contributed by atoms with van der Waals surface area (Å²) in [5.41, 5.74) is 25.1. The number of piperazine rings is 1. The van der Waals surface area contributed by atoms with Crippen molar-refractivity contribution < 1.29 is 22.8 Å². The normalized spacial score (nSPS) is 13.7. The first-order valence-electron chi connectivity index (χ1n) is 46.6. The Morgan fingerprint density at radius 2 is 0.932 bits per heavy atom. The Morgan fingerprint density at radius 1 is 0.417 bits per heavy atom. The number of carbonyl (C=O) groups excluding carboxylic acids is 2. The number of rotatable bonds is 12. The lowest BCUT2D eigenvalue weighted by Crippen LogP contribution is -2.47. The van der Waals surface area contributed by atoms with Gasteiger partial charge in [0.1, 0.15) is 5.82 Å². The summed E-state index contributed by atoms with van der Waals surface area (Å²) in [6, 6.07) is 59.7. The number of aryl methyl sites for hydroxylation is 3. The SMILES string of the molecule is C.CC(=O)c1ccc2c(c1)CC(C(C)C)=N2.CC(C)C1=Nc2cc(C(F)(F)F)ccc2C1.CC(C)C1=Nc2ccc(C(=O)N3CCN(C)CC3)cc2C1.CC(C)C1=Nc2cccnc2C1.CC(C)c1nc2ccccc2n1C.CC(C)n1ccc2ccccc21.CC(C)n1cccn1.CC(C)n1ccnc1.Cc1cc2ccccc2n1C(C)C.Cc1ccc2c(c1)CC(C(C)C)=N2. The summed E-state index contributed by atoms with van der Waals surface area (Å²) in [7, 11) is 4.17. The minimum atomic E-state index is -4.29. The molecule has 19 rings (SSSR count). The van der Waals surface area contributed by atoms with Crippen molar-refractivity contribution in [2.24, 2.45) is 61.6 Å². The largest absolute Gasteiger partial charge is 0.416 e. The predicted molar refractivity (Wildman–Crippen MR) is 547 cm³/mol. The van der Waals surface area contributed by atoms with Crippen molar-refractivity contribution in [1.82, 2.24) is 52.8 Å². The maximum absolute atomic E-state index is 12.6. The highest BCUT2D eigenvalue weighted by atomic mass is 19.4. The van der Waals surface area contributed by atoms with E-state index >= 15 is 0 Å². The Balaban J connectivity index is 0.000000166. The van der Waals surface area contributed by atoms with Gasteiger partial charge in [0.05, 0.1) is 57.1 Å². The highest BCUT2D eigenvalue weighted by Gasteiger charge is 2.33. The number of ketones is 1. The maximum Gasteiger partial charge on any atom is 0.416 e. The topological polar surface area (TPSA) is 179 Å². The third kappa shape index (κ3) is 28.2. The summed E-state index contributed by atoms with van der Waals surface area (Å²) in [4.78, 5) is 63.4. The van der Waals surface area contributed by atoms with E-state index in [4.69, 9.17) is 0 Å². The first kappa shape index (κ1) is 104. The third-order valence-corrected chi connectivity index (χ3v) is 23.8. The van der Waals surface area contributed by atoms with Crippen LogP contribution >= 0.6 is 0 Å². The number of halogens is 3. The molecule has 13 aromatic rings.